The summed E-state index contributed by atoms with van der Waals surface area (Å²) in [5, 5.41) is 4.42. The number of benzene rings is 10. The Morgan fingerprint density at radius 1 is 0.406 bits per heavy atom. The normalized spacial score (nSPS) is 13.9. The summed E-state index contributed by atoms with van der Waals surface area (Å²) in [5.74, 6) is 0. The van der Waals surface area contributed by atoms with Crippen molar-refractivity contribution in [1.29, 1.82) is 0 Å². The molecule has 0 aliphatic heterocycles. The van der Waals surface area contributed by atoms with Gasteiger partial charge in [-0.05, 0) is 129 Å². The Morgan fingerprint density at radius 2 is 1.00 bits per heavy atom. The first-order valence-corrected chi connectivity index (χ1v) is 22.4. The van der Waals surface area contributed by atoms with E-state index < -0.39 is 11.5 Å². The number of thiophene rings is 1. The summed E-state index contributed by atoms with van der Waals surface area (Å²) in [7, 11) is 0. The Balaban J connectivity index is 0.998. The molecule has 0 bridgehead atoms. The van der Waals surface area contributed by atoms with Gasteiger partial charge < -0.3 is 9.47 Å². The van der Waals surface area contributed by atoms with Crippen LogP contribution >= 0.6 is 11.3 Å². The van der Waals surface area contributed by atoms with Crippen molar-refractivity contribution in [1.82, 2.24) is 4.57 Å². The first-order valence-electron chi connectivity index (χ1n) is 24.1. The van der Waals surface area contributed by atoms with E-state index in [0.717, 1.165) is 58.8 Å². The van der Waals surface area contributed by atoms with Crippen LogP contribution in [-0.2, 0) is 5.41 Å². The third-order valence-electron chi connectivity index (χ3n) is 13.2. The van der Waals surface area contributed by atoms with Crippen LogP contribution in [0.15, 0.2) is 243 Å². The zero-order valence-electron chi connectivity index (χ0n) is 39.5. The van der Waals surface area contributed by atoms with Crippen LogP contribution in [0.2, 0.25) is 0 Å². The van der Waals surface area contributed by atoms with Gasteiger partial charge in [-0.25, -0.2) is 0 Å². The molecule has 2 nitrogen and oxygen atoms in total. The summed E-state index contributed by atoms with van der Waals surface area (Å²) >= 11 is 1.71. The maximum atomic E-state index is 9.10. The Bertz CT molecular complexity index is 3950. The highest BCUT2D eigenvalue weighted by atomic mass is 32.1. The first kappa shape index (κ1) is 31.8. The number of para-hydroxylation sites is 2. The largest absolute Gasteiger partial charge is 0.310 e. The zero-order valence-corrected chi connectivity index (χ0v) is 35.3. The van der Waals surface area contributed by atoms with E-state index in [0.29, 0.717) is 11.4 Å². The number of nitrogens with zero attached hydrogens (tertiary/aromatic N) is 2. The quantitative estimate of drug-likeness (QED) is 0.155. The van der Waals surface area contributed by atoms with Gasteiger partial charge in [-0.15, -0.1) is 11.3 Å². The summed E-state index contributed by atoms with van der Waals surface area (Å²) in [6.07, 6.45) is 0. The zero-order chi connectivity index (χ0) is 46.5. The van der Waals surface area contributed by atoms with Crippen molar-refractivity contribution in [3.05, 3.63) is 265 Å². The molecule has 2 heterocycles. The van der Waals surface area contributed by atoms with Gasteiger partial charge in [-0.3, -0.25) is 0 Å². The van der Waals surface area contributed by atoms with E-state index in [2.05, 4.69) is 187 Å². The van der Waals surface area contributed by atoms with Gasteiger partial charge in [-0.1, -0.05) is 158 Å². The van der Waals surface area contributed by atoms with Gasteiger partial charge in [0, 0.05) is 53.7 Å². The molecule has 10 aromatic carbocycles. The minimum Gasteiger partial charge on any atom is -0.310 e. The summed E-state index contributed by atoms with van der Waals surface area (Å²) in [6, 6.07) is 73.6. The van der Waals surface area contributed by atoms with E-state index in [1.807, 2.05) is 30.3 Å². The van der Waals surface area contributed by atoms with Crippen LogP contribution in [0.1, 0.15) is 29.1 Å². The Kier molecular flexibility index (Phi) is 7.23. The molecule has 2 aromatic heterocycles. The van der Waals surface area contributed by atoms with Crippen molar-refractivity contribution in [2.45, 2.75) is 5.41 Å². The lowest BCUT2D eigenvalue weighted by Gasteiger charge is -2.34. The topological polar surface area (TPSA) is 8.17 Å². The maximum absolute atomic E-state index is 9.10. The fourth-order valence-electron chi connectivity index (χ4n) is 10.4. The number of anilines is 3. The number of rotatable bonds is 7. The van der Waals surface area contributed by atoms with Crippen molar-refractivity contribution >= 4 is 70.4 Å². The van der Waals surface area contributed by atoms with Gasteiger partial charge in [0.2, 0.25) is 0 Å². The smallest absolute Gasteiger partial charge is 0.0713 e. The third-order valence-corrected chi connectivity index (χ3v) is 14.3. The lowest BCUT2D eigenvalue weighted by Crippen LogP contribution is -2.28. The highest BCUT2D eigenvalue weighted by Crippen LogP contribution is 2.56. The molecule has 1 aliphatic rings. The molecule has 3 heteroatoms. The molecule has 0 spiro atoms. The second-order valence-electron chi connectivity index (χ2n) is 16.5. The Hall–Kier alpha value is -7.98. The molecule has 0 saturated carbocycles. The first-order chi connectivity index (χ1) is 33.8. The minimum absolute atomic E-state index is 0.0966. The number of aromatic nitrogens is 1. The fraction of sp³-hybridized carbons (Fsp3) is 0.0164. The van der Waals surface area contributed by atoms with Crippen LogP contribution in [0.5, 0.6) is 0 Å². The van der Waals surface area contributed by atoms with Crippen molar-refractivity contribution in [2.75, 3.05) is 4.90 Å². The minimum atomic E-state index is -0.551. The molecular formula is C61H40N2S. The monoisotopic (exact) mass is 837 g/mol. The summed E-state index contributed by atoms with van der Waals surface area (Å²) in [4.78, 5) is 1.80. The molecule has 0 radical (unpaired) electrons. The predicted octanol–water partition coefficient (Wildman–Crippen LogP) is 16.7. The van der Waals surface area contributed by atoms with E-state index in [1.54, 1.807) is 16.2 Å². The Labute approximate surface area is 383 Å². The average molecular weight is 838 g/mol. The van der Waals surface area contributed by atoms with E-state index in [-0.39, 0.29) is 29.9 Å². The number of hydrogen-bond donors (Lipinski definition) is 0. The molecule has 64 heavy (non-hydrogen) atoms. The molecule has 0 fully saturated rings. The van der Waals surface area contributed by atoms with E-state index in [9.17, 15) is 0 Å². The van der Waals surface area contributed by atoms with Crippen LogP contribution in [0.4, 0.5) is 17.1 Å². The van der Waals surface area contributed by atoms with E-state index in [4.69, 9.17) is 6.85 Å². The molecule has 0 atom stereocenters. The molecule has 12 aromatic rings. The molecule has 1 aliphatic carbocycles. The summed E-state index contributed by atoms with van der Waals surface area (Å²) in [6.45, 7) is 0. The van der Waals surface area contributed by atoms with Gasteiger partial charge >= 0.3 is 0 Å². The van der Waals surface area contributed by atoms with Crippen LogP contribution in [-0.4, -0.2) is 4.57 Å². The molecule has 13 rings (SSSR count). The van der Waals surface area contributed by atoms with E-state index in [1.165, 1.54) is 33.4 Å². The molecule has 300 valence electrons. The molecule has 0 amide bonds. The van der Waals surface area contributed by atoms with Gasteiger partial charge in [0.05, 0.1) is 23.3 Å². The third kappa shape index (κ3) is 5.51. The molecule has 0 saturated heterocycles. The summed E-state index contributed by atoms with van der Waals surface area (Å²) in [5.41, 5.74) is 13.7. The lowest BCUT2D eigenvalue weighted by atomic mass is 9.67. The maximum Gasteiger partial charge on any atom is 0.0713 e. The number of fused-ring (bicyclic) bond motifs is 9. The van der Waals surface area contributed by atoms with E-state index >= 15 is 0 Å². The van der Waals surface area contributed by atoms with Crippen LogP contribution in [0, 0.1) is 0 Å². The van der Waals surface area contributed by atoms with Gasteiger partial charge in [0.25, 0.3) is 0 Å². The van der Waals surface area contributed by atoms with Crippen molar-refractivity contribution in [3.63, 3.8) is 0 Å². The molecule has 0 N–H and O–H groups in total. The second-order valence-corrected chi connectivity index (χ2v) is 17.6. The van der Waals surface area contributed by atoms with Gasteiger partial charge in [-0.2, -0.15) is 0 Å². The van der Waals surface area contributed by atoms with Crippen molar-refractivity contribution < 1.29 is 6.85 Å². The number of hydrogen-bond acceptors (Lipinski definition) is 2. The SMILES string of the molecule is [2H]c1c([2H])c([2H])c(N(c2ccc(-c3ccc4c(c3)c3cc(C5(c6ccccc6)c6ccccc6-c6ccccc65)ccc3n4-c3ccccc3)cc2)c2ccc3sc4ccccc4c3c2)c([2H])c1[2H]. The Morgan fingerprint density at radius 3 is 1.75 bits per heavy atom. The highest BCUT2D eigenvalue weighted by Gasteiger charge is 2.46. The predicted molar refractivity (Wildman–Crippen MR) is 271 cm³/mol. The highest BCUT2D eigenvalue weighted by molar-refractivity contribution is 7.25. The standard InChI is InChI=1S/C61H40N2S/c1-4-16-43(17-5-1)61(55-25-13-10-22-49(55)50-23-11-14-26-56(50)61)44-31-36-58-53(39-44)52-38-42(30-35-57(52)63(58)46-20-8-3-9-21-46)41-28-32-47(33-29-41)62(45-18-6-2-7-19-45)48-34-37-60-54(40-48)51-24-12-15-27-59(51)64-60/h1-40H/i2D,6D,7D,18D,19D. The van der Waals surface area contributed by atoms with Gasteiger partial charge in [0.15, 0.2) is 0 Å². The second kappa shape index (κ2) is 14.6. The van der Waals surface area contributed by atoms with Gasteiger partial charge in [0.1, 0.15) is 0 Å². The van der Waals surface area contributed by atoms with Crippen LogP contribution in [0.25, 0.3) is 69.9 Å². The molecular weight excluding hydrogens is 793 g/mol. The van der Waals surface area contributed by atoms with Crippen molar-refractivity contribution in [3.8, 4) is 27.9 Å². The average Bonchev–Trinajstić information content (AvgIpc) is 4.05. The van der Waals surface area contributed by atoms with Crippen LogP contribution in [0.3, 0.4) is 0 Å². The molecule has 0 unspecified atom stereocenters. The fourth-order valence-corrected chi connectivity index (χ4v) is 11.5. The van der Waals surface area contributed by atoms with Crippen molar-refractivity contribution in [2.24, 2.45) is 0 Å². The lowest BCUT2D eigenvalue weighted by molar-refractivity contribution is 0.770. The summed E-state index contributed by atoms with van der Waals surface area (Å²) < 4.78 is 48.5. The van der Waals surface area contributed by atoms with Crippen LogP contribution < -0.4 is 4.90 Å².